The lowest BCUT2D eigenvalue weighted by molar-refractivity contribution is 0.149. The molecular formula is C20H20N4O2. The quantitative estimate of drug-likeness (QED) is 0.711. The van der Waals surface area contributed by atoms with Gasteiger partial charge in [0.2, 0.25) is 0 Å². The molecule has 1 aliphatic heterocycles. The van der Waals surface area contributed by atoms with E-state index in [4.69, 9.17) is 4.74 Å². The standard InChI is InChI=1S/C20H20N4O2/c1-15-4-2-6-19(22-15)23-10-12-24(13-11-23)20(25)26-17-8-7-16-5-3-9-21-18(16)14-17/h2-9,14H,10-13H2,1H3. The molecule has 6 nitrogen and oxygen atoms in total. The molecule has 0 atom stereocenters. The molecule has 0 spiro atoms. The number of hydrogen-bond acceptors (Lipinski definition) is 5. The fraction of sp³-hybridized carbons (Fsp3) is 0.250. The third-order valence-electron chi connectivity index (χ3n) is 4.52. The van der Waals surface area contributed by atoms with E-state index < -0.39 is 0 Å². The number of amides is 1. The molecule has 4 rings (SSSR count). The Kier molecular flexibility index (Phi) is 4.39. The number of anilines is 1. The van der Waals surface area contributed by atoms with Gasteiger partial charge >= 0.3 is 6.09 Å². The smallest absolute Gasteiger partial charge is 0.410 e. The van der Waals surface area contributed by atoms with Crippen LogP contribution in [0.15, 0.2) is 54.7 Å². The van der Waals surface area contributed by atoms with Crippen molar-refractivity contribution in [3.8, 4) is 5.75 Å². The van der Waals surface area contributed by atoms with E-state index in [0.717, 1.165) is 35.5 Å². The second-order valence-corrected chi connectivity index (χ2v) is 6.34. The Morgan fingerprint density at radius 2 is 1.88 bits per heavy atom. The third-order valence-corrected chi connectivity index (χ3v) is 4.52. The van der Waals surface area contributed by atoms with Gasteiger partial charge in [0.05, 0.1) is 5.52 Å². The Hall–Kier alpha value is -3.15. The lowest BCUT2D eigenvalue weighted by Crippen LogP contribution is -2.49. The Morgan fingerprint density at radius 3 is 2.69 bits per heavy atom. The van der Waals surface area contributed by atoms with Gasteiger partial charge in [-0.1, -0.05) is 12.1 Å². The summed E-state index contributed by atoms with van der Waals surface area (Å²) in [7, 11) is 0. The highest BCUT2D eigenvalue weighted by atomic mass is 16.6. The van der Waals surface area contributed by atoms with Crippen molar-refractivity contribution in [2.45, 2.75) is 6.92 Å². The van der Waals surface area contributed by atoms with E-state index in [1.54, 1.807) is 23.2 Å². The molecule has 0 radical (unpaired) electrons. The van der Waals surface area contributed by atoms with Crippen molar-refractivity contribution >= 4 is 22.8 Å². The second-order valence-electron chi connectivity index (χ2n) is 6.34. The number of hydrogen-bond donors (Lipinski definition) is 0. The van der Waals surface area contributed by atoms with Crippen molar-refractivity contribution in [3.05, 3.63) is 60.4 Å². The van der Waals surface area contributed by atoms with Crippen molar-refractivity contribution < 1.29 is 9.53 Å². The monoisotopic (exact) mass is 348 g/mol. The van der Waals surface area contributed by atoms with Crippen LogP contribution < -0.4 is 9.64 Å². The number of carbonyl (C=O) groups excluding carboxylic acids is 1. The first-order valence-corrected chi connectivity index (χ1v) is 8.69. The summed E-state index contributed by atoms with van der Waals surface area (Å²) in [5.74, 6) is 1.47. The van der Waals surface area contributed by atoms with Gasteiger partial charge in [-0.3, -0.25) is 4.98 Å². The molecule has 1 amide bonds. The van der Waals surface area contributed by atoms with Crippen molar-refractivity contribution in [2.75, 3.05) is 31.1 Å². The number of piperazine rings is 1. The van der Waals surface area contributed by atoms with Crippen LogP contribution in [0.25, 0.3) is 10.9 Å². The van der Waals surface area contributed by atoms with Crippen LogP contribution in [0, 0.1) is 6.92 Å². The molecule has 132 valence electrons. The van der Waals surface area contributed by atoms with Crippen molar-refractivity contribution in [3.63, 3.8) is 0 Å². The first kappa shape index (κ1) is 16.3. The van der Waals surface area contributed by atoms with Gasteiger partial charge in [-0.05, 0) is 37.3 Å². The maximum absolute atomic E-state index is 12.5. The predicted molar refractivity (Wildman–Crippen MR) is 101 cm³/mol. The van der Waals surface area contributed by atoms with E-state index in [9.17, 15) is 4.79 Å². The van der Waals surface area contributed by atoms with Crippen molar-refractivity contribution in [2.24, 2.45) is 0 Å². The zero-order valence-electron chi connectivity index (χ0n) is 14.6. The average molecular weight is 348 g/mol. The van der Waals surface area contributed by atoms with Gasteiger partial charge < -0.3 is 14.5 Å². The van der Waals surface area contributed by atoms with Crippen LogP contribution in [0.4, 0.5) is 10.6 Å². The number of pyridine rings is 2. The van der Waals surface area contributed by atoms with Crippen LogP contribution in [-0.4, -0.2) is 47.1 Å². The first-order valence-electron chi connectivity index (χ1n) is 8.69. The number of aromatic nitrogens is 2. The normalized spacial score (nSPS) is 14.5. The molecular weight excluding hydrogens is 328 g/mol. The molecule has 0 bridgehead atoms. The summed E-state index contributed by atoms with van der Waals surface area (Å²) >= 11 is 0. The summed E-state index contributed by atoms with van der Waals surface area (Å²) in [6.45, 7) is 4.69. The Morgan fingerprint density at radius 1 is 1.04 bits per heavy atom. The van der Waals surface area contributed by atoms with E-state index >= 15 is 0 Å². The van der Waals surface area contributed by atoms with E-state index in [1.807, 2.05) is 43.3 Å². The molecule has 0 unspecified atom stereocenters. The fourth-order valence-corrected chi connectivity index (χ4v) is 3.10. The number of carbonyl (C=O) groups is 1. The number of ether oxygens (including phenoxy) is 1. The first-order chi connectivity index (χ1) is 12.7. The molecule has 1 aromatic carbocycles. The SMILES string of the molecule is Cc1cccc(N2CCN(C(=O)Oc3ccc4cccnc4c3)CC2)n1. The molecule has 0 aliphatic carbocycles. The minimum absolute atomic E-state index is 0.322. The zero-order valence-corrected chi connectivity index (χ0v) is 14.6. The van der Waals surface area contributed by atoms with E-state index in [1.165, 1.54) is 0 Å². The lowest BCUT2D eigenvalue weighted by Gasteiger charge is -2.34. The molecule has 1 saturated heterocycles. The molecule has 3 aromatic rings. The van der Waals surface area contributed by atoms with Crippen LogP contribution in [0.3, 0.4) is 0 Å². The van der Waals surface area contributed by atoms with E-state index in [-0.39, 0.29) is 6.09 Å². The number of aryl methyl sites for hydroxylation is 1. The minimum Gasteiger partial charge on any atom is -0.410 e. The second kappa shape index (κ2) is 7.00. The van der Waals surface area contributed by atoms with Crippen LogP contribution in [0.2, 0.25) is 0 Å². The van der Waals surface area contributed by atoms with Gasteiger partial charge in [0.1, 0.15) is 11.6 Å². The topological polar surface area (TPSA) is 58.6 Å². The third kappa shape index (κ3) is 3.44. The lowest BCUT2D eigenvalue weighted by atomic mass is 10.2. The van der Waals surface area contributed by atoms with Gasteiger partial charge in [0.25, 0.3) is 0 Å². The molecule has 26 heavy (non-hydrogen) atoms. The molecule has 2 aromatic heterocycles. The zero-order chi connectivity index (χ0) is 17.9. The number of nitrogens with zero attached hydrogens (tertiary/aromatic N) is 4. The summed E-state index contributed by atoms with van der Waals surface area (Å²) in [6.07, 6.45) is 1.41. The van der Waals surface area contributed by atoms with Gasteiger partial charge in [0, 0.05) is 49.5 Å². The summed E-state index contributed by atoms with van der Waals surface area (Å²) in [5, 5.41) is 1.02. The van der Waals surface area contributed by atoms with Gasteiger partial charge in [-0.2, -0.15) is 0 Å². The number of rotatable bonds is 2. The summed E-state index contributed by atoms with van der Waals surface area (Å²) < 4.78 is 5.53. The van der Waals surface area contributed by atoms with E-state index in [2.05, 4.69) is 14.9 Å². The highest BCUT2D eigenvalue weighted by Gasteiger charge is 2.23. The highest BCUT2D eigenvalue weighted by Crippen LogP contribution is 2.20. The van der Waals surface area contributed by atoms with Gasteiger partial charge in [0.15, 0.2) is 0 Å². The maximum atomic E-state index is 12.5. The molecule has 6 heteroatoms. The van der Waals surface area contributed by atoms with E-state index in [0.29, 0.717) is 18.8 Å². The van der Waals surface area contributed by atoms with Gasteiger partial charge in [-0.15, -0.1) is 0 Å². The summed E-state index contributed by atoms with van der Waals surface area (Å²) in [5.41, 5.74) is 1.81. The van der Waals surface area contributed by atoms with Crippen molar-refractivity contribution in [1.82, 2.24) is 14.9 Å². The van der Waals surface area contributed by atoms with Crippen LogP contribution in [-0.2, 0) is 0 Å². The molecule has 3 heterocycles. The fourth-order valence-electron chi connectivity index (χ4n) is 3.10. The molecule has 1 aliphatic rings. The Labute approximate surface area is 152 Å². The molecule has 0 saturated carbocycles. The Bertz CT molecular complexity index is 936. The number of fused-ring (bicyclic) bond motifs is 1. The van der Waals surface area contributed by atoms with Gasteiger partial charge in [-0.25, -0.2) is 9.78 Å². The highest BCUT2D eigenvalue weighted by molar-refractivity contribution is 5.81. The summed E-state index contributed by atoms with van der Waals surface area (Å²) in [6, 6.07) is 15.4. The summed E-state index contributed by atoms with van der Waals surface area (Å²) in [4.78, 5) is 25.2. The van der Waals surface area contributed by atoms with Crippen molar-refractivity contribution in [1.29, 1.82) is 0 Å². The number of benzene rings is 1. The van der Waals surface area contributed by atoms with Crippen LogP contribution in [0.1, 0.15) is 5.69 Å². The Balaban J connectivity index is 1.38. The molecule has 1 fully saturated rings. The van der Waals surface area contributed by atoms with Crippen LogP contribution in [0.5, 0.6) is 5.75 Å². The largest absolute Gasteiger partial charge is 0.415 e. The molecule has 0 N–H and O–H groups in total. The maximum Gasteiger partial charge on any atom is 0.415 e. The minimum atomic E-state index is -0.322. The van der Waals surface area contributed by atoms with Crippen LogP contribution >= 0.6 is 0 Å². The average Bonchev–Trinajstić information content (AvgIpc) is 2.68. The predicted octanol–water partition coefficient (Wildman–Crippen LogP) is 3.26.